The van der Waals surface area contributed by atoms with E-state index in [0.29, 0.717) is 24.1 Å². The van der Waals surface area contributed by atoms with E-state index < -0.39 is 0 Å². The topological polar surface area (TPSA) is 59.6 Å². The number of amides is 1. The van der Waals surface area contributed by atoms with Gasteiger partial charge < -0.3 is 20.1 Å². The minimum atomic E-state index is -0.225. The Kier molecular flexibility index (Phi) is 5.47. The summed E-state index contributed by atoms with van der Waals surface area (Å²) in [5.41, 5.74) is 1.02. The highest BCUT2D eigenvalue weighted by Crippen LogP contribution is 2.36. The van der Waals surface area contributed by atoms with Crippen molar-refractivity contribution in [3.8, 4) is 11.5 Å². The smallest absolute Gasteiger partial charge is 0.237 e. The highest BCUT2D eigenvalue weighted by molar-refractivity contribution is 9.10. The van der Waals surface area contributed by atoms with Crippen LogP contribution < -0.4 is 20.1 Å². The fraction of sp³-hybridized carbons (Fsp3) is 0.533. The number of methoxy groups -OCH3 is 2. The third-order valence-electron chi connectivity index (χ3n) is 3.42. The van der Waals surface area contributed by atoms with Gasteiger partial charge in [-0.15, -0.1) is 0 Å². The number of rotatable bonds is 7. The Hall–Kier alpha value is -1.27. The van der Waals surface area contributed by atoms with E-state index in [1.165, 1.54) is 0 Å². The molecular formula is C15H21BrN2O3. The van der Waals surface area contributed by atoms with Crippen LogP contribution in [0.1, 0.15) is 25.3 Å². The van der Waals surface area contributed by atoms with E-state index in [0.717, 1.165) is 22.9 Å². The average Bonchev–Trinajstić information content (AvgIpc) is 3.27. The minimum Gasteiger partial charge on any atom is -0.493 e. The lowest BCUT2D eigenvalue weighted by atomic mass is 10.2. The van der Waals surface area contributed by atoms with Crippen molar-refractivity contribution in [2.75, 3.05) is 14.2 Å². The van der Waals surface area contributed by atoms with Crippen LogP contribution in [0.3, 0.4) is 0 Å². The molecule has 1 atom stereocenters. The monoisotopic (exact) mass is 356 g/mol. The van der Waals surface area contributed by atoms with Crippen LogP contribution in [-0.2, 0) is 11.3 Å². The van der Waals surface area contributed by atoms with Crippen molar-refractivity contribution in [1.29, 1.82) is 0 Å². The van der Waals surface area contributed by atoms with Crippen LogP contribution in [0.15, 0.2) is 16.6 Å². The summed E-state index contributed by atoms with van der Waals surface area (Å²) in [7, 11) is 3.21. The second-order valence-corrected chi connectivity index (χ2v) is 6.05. The Bertz CT molecular complexity index is 518. The summed E-state index contributed by atoms with van der Waals surface area (Å²) in [5, 5.41) is 6.21. The van der Waals surface area contributed by atoms with Gasteiger partial charge in [-0.05, 0) is 53.4 Å². The molecule has 1 aliphatic carbocycles. The number of nitrogens with one attached hydrogen (secondary N) is 2. The molecule has 2 rings (SSSR count). The molecule has 0 spiro atoms. The van der Waals surface area contributed by atoms with Gasteiger partial charge in [-0.2, -0.15) is 0 Å². The van der Waals surface area contributed by atoms with Gasteiger partial charge in [0.05, 0.1) is 24.7 Å². The number of benzene rings is 1. The van der Waals surface area contributed by atoms with E-state index >= 15 is 0 Å². The molecule has 1 aliphatic rings. The van der Waals surface area contributed by atoms with E-state index in [1.807, 2.05) is 19.1 Å². The molecule has 5 nitrogen and oxygen atoms in total. The molecule has 116 valence electrons. The number of hydrogen-bond donors (Lipinski definition) is 2. The van der Waals surface area contributed by atoms with E-state index in [4.69, 9.17) is 9.47 Å². The number of hydrogen-bond acceptors (Lipinski definition) is 4. The number of halogens is 1. The summed E-state index contributed by atoms with van der Waals surface area (Å²) in [5.74, 6) is 1.39. The van der Waals surface area contributed by atoms with Gasteiger partial charge in [-0.3, -0.25) is 4.79 Å². The SMILES string of the molecule is COc1cc(CNC(C)C(=O)NC2CC2)cc(Br)c1OC. The van der Waals surface area contributed by atoms with Crippen molar-refractivity contribution >= 4 is 21.8 Å². The lowest BCUT2D eigenvalue weighted by molar-refractivity contribution is -0.122. The minimum absolute atomic E-state index is 0.0528. The predicted molar refractivity (Wildman–Crippen MR) is 84.7 cm³/mol. The standard InChI is InChI=1S/C15H21BrN2O3/c1-9(15(19)18-11-4-5-11)17-8-10-6-12(16)14(21-3)13(7-10)20-2/h6-7,9,11,17H,4-5,8H2,1-3H3,(H,18,19). The Morgan fingerprint density at radius 3 is 2.67 bits per heavy atom. The molecule has 0 radical (unpaired) electrons. The summed E-state index contributed by atoms with van der Waals surface area (Å²) in [4.78, 5) is 11.9. The van der Waals surface area contributed by atoms with Crippen LogP contribution in [0.25, 0.3) is 0 Å². The van der Waals surface area contributed by atoms with Gasteiger partial charge in [0.25, 0.3) is 0 Å². The van der Waals surface area contributed by atoms with Crippen molar-refractivity contribution in [2.45, 2.75) is 38.4 Å². The van der Waals surface area contributed by atoms with Gasteiger partial charge >= 0.3 is 0 Å². The molecule has 0 aromatic heterocycles. The first kappa shape index (κ1) is 16.1. The first-order valence-electron chi connectivity index (χ1n) is 6.99. The maximum absolute atomic E-state index is 11.9. The molecule has 1 aromatic rings. The second-order valence-electron chi connectivity index (χ2n) is 5.20. The van der Waals surface area contributed by atoms with Crippen molar-refractivity contribution in [3.05, 3.63) is 22.2 Å². The zero-order valence-corrected chi connectivity index (χ0v) is 14.1. The van der Waals surface area contributed by atoms with Crippen molar-refractivity contribution in [3.63, 3.8) is 0 Å². The Balaban J connectivity index is 1.95. The van der Waals surface area contributed by atoms with Gasteiger partial charge in [0, 0.05) is 12.6 Å². The summed E-state index contributed by atoms with van der Waals surface area (Å²) in [6.07, 6.45) is 2.20. The lowest BCUT2D eigenvalue weighted by Gasteiger charge is -2.16. The molecular weight excluding hydrogens is 336 g/mol. The van der Waals surface area contributed by atoms with Gasteiger partial charge in [0.15, 0.2) is 11.5 Å². The van der Waals surface area contributed by atoms with Gasteiger partial charge in [0.2, 0.25) is 5.91 Å². The molecule has 1 unspecified atom stereocenters. The summed E-state index contributed by atoms with van der Waals surface area (Å²) < 4.78 is 11.4. The number of carbonyl (C=O) groups is 1. The molecule has 1 aromatic carbocycles. The highest BCUT2D eigenvalue weighted by atomic mass is 79.9. The molecule has 21 heavy (non-hydrogen) atoms. The van der Waals surface area contributed by atoms with Crippen LogP contribution in [0.2, 0.25) is 0 Å². The number of carbonyl (C=O) groups excluding carboxylic acids is 1. The maximum Gasteiger partial charge on any atom is 0.237 e. The largest absolute Gasteiger partial charge is 0.493 e. The first-order valence-corrected chi connectivity index (χ1v) is 7.78. The molecule has 0 saturated heterocycles. The van der Waals surface area contributed by atoms with E-state index in [9.17, 15) is 4.79 Å². The second kappa shape index (κ2) is 7.13. The van der Waals surface area contributed by atoms with E-state index in [2.05, 4.69) is 26.6 Å². The van der Waals surface area contributed by atoms with Crippen molar-refractivity contribution in [1.82, 2.24) is 10.6 Å². The Labute approximate surface area is 133 Å². The highest BCUT2D eigenvalue weighted by Gasteiger charge is 2.25. The fourth-order valence-electron chi connectivity index (χ4n) is 1.99. The first-order chi connectivity index (χ1) is 10.0. The van der Waals surface area contributed by atoms with Gasteiger partial charge in [-0.25, -0.2) is 0 Å². The van der Waals surface area contributed by atoms with Gasteiger partial charge in [0.1, 0.15) is 0 Å². The molecule has 1 saturated carbocycles. The zero-order chi connectivity index (χ0) is 15.4. The normalized spacial score (nSPS) is 15.4. The molecule has 1 fully saturated rings. The summed E-state index contributed by atoms with van der Waals surface area (Å²) in [6.45, 7) is 2.45. The van der Waals surface area contributed by atoms with Crippen LogP contribution in [0, 0.1) is 0 Å². The third-order valence-corrected chi connectivity index (χ3v) is 4.01. The predicted octanol–water partition coefficient (Wildman–Crippen LogP) is 2.22. The third kappa shape index (κ3) is 4.35. The van der Waals surface area contributed by atoms with E-state index in [1.54, 1.807) is 14.2 Å². The van der Waals surface area contributed by atoms with Crippen LogP contribution in [0.5, 0.6) is 11.5 Å². The van der Waals surface area contributed by atoms with Crippen LogP contribution in [0.4, 0.5) is 0 Å². The fourth-order valence-corrected chi connectivity index (χ4v) is 2.64. The Morgan fingerprint density at radius 1 is 1.38 bits per heavy atom. The average molecular weight is 357 g/mol. The summed E-state index contributed by atoms with van der Waals surface area (Å²) >= 11 is 3.46. The molecule has 0 heterocycles. The number of ether oxygens (including phenoxy) is 2. The van der Waals surface area contributed by atoms with Crippen LogP contribution in [-0.4, -0.2) is 32.2 Å². The molecule has 2 N–H and O–H groups in total. The Morgan fingerprint density at radius 2 is 2.10 bits per heavy atom. The lowest BCUT2D eigenvalue weighted by Crippen LogP contribution is -2.42. The van der Waals surface area contributed by atoms with E-state index in [-0.39, 0.29) is 11.9 Å². The quantitative estimate of drug-likeness (QED) is 0.786. The van der Waals surface area contributed by atoms with Crippen molar-refractivity contribution in [2.24, 2.45) is 0 Å². The molecule has 6 heteroatoms. The zero-order valence-electron chi connectivity index (χ0n) is 12.5. The molecule has 0 bridgehead atoms. The molecule has 1 amide bonds. The maximum atomic E-state index is 11.9. The molecule has 0 aliphatic heterocycles. The van der Waals surface area contributed by atoms with Crippen LogP contribution >= 0.6 is 15.9 Å². The van der Waals surface area contributed by atoms with Gasteiger partial charge in [-0.1, -0.05) is 0 Å². The van der Waals surface area contributed by atoms with Crippen molar-refractivity contribution < 1.29 is 14.3 Å². The summed E-state index contributed by atoms with van der Waals surface area (Å²) in [6, 6.07) is 4.02.